The van der Waals surface area contributed by atoms with Crippen LogP contribution in [0.2, 0.25) is 0 Å². The molecule has 1 atom stereocenters. The van der Waals surface area contributed by atoms with E-state index in [-0.39, 0.29) is 29.8 Å². The smallest absolute Gasteiger partial charge is 0.251 e. The van der Waals surface area contributed by atoms with Crippen molar-refractivity contribution in [3.8, 4) is 0 Å². The molecule has 2 fully saturated rings. The van der Waals surface area contributed by atoms with Gasteiger partial charge in [0.1, 0.15) is 0 Å². The average Bonchev–Trinajstić information content (AvgIpc) is 2.69. The Bertz CT molecular complexity index is 517. The zero-order valence-corrected chi connectivity index (χ0v) is 11.8. The summed E-state index contributed by atoms with van der Waals surface area (Å²) in [5.41, 5.74) is 0.749. The highest BCUT2D eigenvalue weighted by molar-refractivity contribution is 6.22. The second-order valence-electron chi connectivity index (χ2n) is 5.79. The van der Waals surface area contributed by atoms with Crippen molar-refractivity contribution in [3.63, 3.8) is 0 Å². The van der Waals surface area contributed by atoms with E-state index in [4.69, 9.17) is 0 Å². The van der Waals surface area contributed by atoms with E-state index < -0.39 is 0 Å². The lowest BCUT2D eigenvalue weighted by molar-refractivity contribution is -0.122. The summed E-state index contributed by atoms with van der Waals surface area (Å²) >= 11 is 0. The zero-order chi connectivity index (χ0) is 14.2. The van der Waals surface area contributed by atoms with Crippen LogP contribution < -0.4 is 10.2 Å². The van der Waals surface area contributed by atoms with Crippen molar-refractivity contribution >= 4 is 17.5 Å². The third-order valence-corrected chi connectivity index (χ3v) is 4.63. The van der Waals surface area contributed by atoms with Gasteiger partial charge >= 0.3 is 0 Å². The lowest BCUT2D eigenvalue weighted by Gasteiger charge is -2.43. The monoisotopic (exact) mass is 272 g/mol. The minimum atomic E-state index is -0.358. The standard InChI is InChI=1S/C16H20N2O2/c1-2-16(9-6-10-16)17-13-11-14(19)18(15(13)20)12-7-4-3-5-8-12/h3-5,7-8,13,17H,2,6,9-11H2,1H3. The summed E-state index contributed by atoms with van der Waals surface area (Å²) in [4.78, 5) is 26.0. The fourth-order valence-corrected chi connectivity index (χ4v) is 3.17. The minimum Gasteiger partial charge on any atom is -0.300 e. The molecule has 0 bridgehead atoms. The lowest BCUT2D eigenvalue weighted by atomic mass is 9.74. The maximum absolute atomic E-state index is 12.5. The maximum Gasteiger partial charge on any atom is 0.251 e. The highest BCUT2D eigenvalue weighted by atomic mass is 16.2. The number of nitrogens with zero attached hydrogens (tertiary/aromatic N) is 1. The van der Waals surface area contributed by atoms with E-state index in [9.17, 15) is 9.59 Å². The second kappa shape index (κ2) is 5.02. The van der Waals surface area contributed by atoms with Crippen molar-refractivity contribution in [1.82, 2.24) is 5.32 Å². The van der Waals surface area contributed by atoms with Gasteiger partial charge in [0, 0.05) is 5.54 Å². The molecular formula is C16H20N2O2. The van der Waals surface area contributed by atoms with Crippen molar-refractivity contribution in [2.24, 2.45) is 0 Å². The summed E-state index contributed by atoms with van der Waals surface area (Å²) in [6.07, 6.45) is 4.70. The van der Waals surface area contributed by atoms with Crippen LogP contribution in [-0.4, -0.2) is 23.4 Å². The minimum absolute atomic E-state index is 0.0767. The van der Waals surface area contributed by atoms with Crippen LogP contribution in [0.15, 0.2) is 30.3 Å². The molecule has 106 valence electrons. The third kappa shape index (κ3) is 2.14. The number of amides is 2. The number of imide groups is 1. The number of para-hydroxylation sites is 1. The third-order valence-electron chi connectivity index (χ3n) is 4.63. The Morgan fingerprint density at radius 2 is 1.95 bits per heavy atom. The van der Waals surface area contributed by atoms with Crippen molar-refractivity contribution in [1.29, 1.82) is 0 Å². The molecule has 0 spiro atoms. The van der Waals surface area contributed by atoms with Gasteiger partial charge in [0.25, 0.3) is 5.91 Å². The van der Waals surface area contributed by atoms with Gasteiger partial charge in [-0.25, -0.2) is 4.90 Å². The van der Waals surface area contributed by atoms with Gasteiger partial charge in [-0.2, -0.15) is 0 Å². The van der Waals surface area contributed by atoms with Crippen LogP contribution in [0, 0.1) is 0 Å². The predicted molar refractivity (Wildman–Crippen MR) is 77.3 cm³/mol. The fourth-order valence-electron chi connectivity index (χ4n) is 3.17. The normalized spacial score (nSPS) is 24.9. The SMILES string of the molecule is CCC1(NC2CC(=O)N(c3ccccc3)C2=O)CCC1. The summed E-state index contributed by atoms with van der Waals surface area (Å²) in [6, 6.07) is 8.81. The quantitative estimate of drug-likeness (QED) is 0.855. The topological polar surface area (TPSA) is 49.4 Å². The molecule has 4 heteroatoms. The number of benzene rings is 1. The molecule has 1 heterocycles. The molecule has 1 unspecified atom stereocenters. The van der Waals surface area contributed by atoms with E-state index >= 15 is 0 Å². The summed E-state index contributed by atoms with van der Waals surface area (Å²) in [6.45, 7) is 2.14. The molecule has 0 aromatic heterocycles. The zero-order valence-electron chi connectivity index (χ0n) is 11.8. The van der Waals surface area contributed by atoms with Gasteiger partial charge in [-0.1, -0.05) is 25.1 Å². The van der Waals surface area contributed by atoms with Gasteiger partial charge in [-0.3, -0.25) is 14.9 Å². The Kier molecular flexibility index (Phi) is 3.34. The molecule has 2 aliphatic rings. The molecule has 2 amide bonds. The predicted octanol–water partition coefficient (Wildman–Crippen LogP) is 2.24. The molecule has 1 saturated heterocycles. The van der Waals surface area contributed by atoms with Gasteiger partial charge in [0.2, 0.25) is 5.91 Å². The van der Waals surface area contributed by atoms with Gasteiger partial charge < -0.3 is 0 Å². The Hall–Kier alpha value is -1.68. The lowest BCUT2D eigenvalue weighted by Crippen LogP contribution is -2.56. The molecule has 1 aromatic rings. The van der Waals surface area contributed by atoms with Crippen LogP contribution in [-0.2, 0) is 9.59 Å². The van der Waals surface area contributed by atoms with E-state index in [1.807, 2.05) is 18.2 Å². The molecule has 20 heavy (non-hydrogen) atoms. The second-order valence-corrected chi connectivity index (χ2v) is 5.79. The Morgan fingerprint density at radius 1 is 1.25 bits per heavy atom. The van der Waals surface area contributed by atoms with E-state index in [0.29, 0.717) is 5.69 Å². The fraction of sp³-hybridized carbons (Fsp3) is 0.500. The van der Waals surface area contributed by atoms with Crippen LogP contribution in [0.5, 0.6) is 0 Å². The van der Waals surface area contributed by atoms with Crippen LogP contribution >= 0.6 is 0 Å². The summed E-state index contributed by atoms with van der Waals surface area (Å²) in [7, 11) is 0. The largest absolute Gasteiger partial charge is 0.300 e. The number of rotatable bonds is 4. The van der Waals surface area contributed by atoms with Gasteiger partial charge in [-0.05, 0) is 37.8 Å². The highest BCUT2D eigenvalue weighted by Crippen LogP contribution is 2.36. The molecule has 1 N–H and O–H groups in total. The van der Waals surface area contributed by atoms with E-state index in [1.54, 1.807) is 12.1 Å². The Morgan fingerprint density at radius 3 is 2.50 bits per heavy atom. The first kappa shape index (κ1) is 13.3. The first-order valence-electron chi connectivity index (χ1n) is 7.35. The van der Waals surface area contributed by atoms with E-state index in [1.165, 1.54) is 11.3 Å². The Labute approximate surface area is 119 Å². The number of anilines is 1. The van der Waals surface area contributed by atoms with Crippen LogP contribution in [0.4, 0.5) is 5.69 Å². The molecular weight excluding hydrogens is 252 g/mol. The first-order valence-corrected chi connectivity index (χ1v) is 7.35. The molecule has 1 aliphatic carbocycles. The number of nitrogens with one attached hydrogen (secondary N) is 1. The number of carbonyl (C=O) groups is 2. The number of hydrogen-bond donors (Lipinski definition) is 1. The summed E-state index contributed by atoms with van der Waals surface area (Å²) in [5, 5.41) is 3.45. The van der Waals surface area contributed by atoms with Crippen LogP contribution in [0.3, 0.4) is 0 Å². The van der Waals surface area contributed by atoms with Gasteiger partial charge in [0.05, 0.1) is 18.2 Å². The molecule has 1 aliphatic heterocycles. The molecule has 0 radical (unpaired) electrons. The molecule has 1 aromatic carbocycles. The summed E-state index contributed by atoms with van der Waals surface area (Å²) in [5.74, 6) is -0.217. The van der Waals surface area contributed by atoms with Crippen LogP contribution in [0.25, 0.3) is 0 Å². The highest BCUT2D eigenvalue weighted by Gasteiger charge is 2.45. The molecule has 3 rings (SSSR count). The van der Waals surface area contributed by atoms with Crippen molar-refractivity contribution in [3.05, 3.63) is 30.3 Å². The summed E-state index contributed by atoms with van der Waals surface area (Å²) < 4.78 is 0. The van der Waals surface area contributed by atoms with E-state index in [2.05, 4.69) is 12.2 Å². The first-order chi connectivity index (χ1) is 9.65. The molecule has 1 saturated carbocycles. The van der Waals surface area contributed by atoms with Gasteiger partial charge in [-0.15, -0.1) is 0 Å². The van der Waals surface area contributed by atoms with E-state index in [0.717, 1.165) is 19.3 Å². The number of hydrogen-bond acceptors (Lipinski definition) is 3. The Balaban J connectivity index is 1.77. The average molecular weight is 272 g/mol. The molecule has 4 nitrogen and oxygen atoms in total. The van der Waals surface area contributed by atoms with Crippen molar-refractivity contribution in [2.75, 3.05) is 4.90 Å². The number of carbonyl (C=O) groups excluding carboxylic acids is 2. The van der Waals surface area contributed by atoms with Crippen LogP contribution in [0.1, 0.15) is 39.0 Å². The van der Waals surface area contributed by atoms with Crippen molar-refractivity contribution in [2.45, 2.75) is 50.6 Å². The maximum atomic E-state index is 12.5. The van der Waals surface area contributed by atoms with Crippen molar-refractivity contribution < 1.29 is 9.59 Å². The van der Waals surface area contributed by atoms with Gasteiger partial charge in [0.15, 0.2) is 0 Å².